The number of benzene rings is 1. The molecule has 5 heteroatoms. The molecule has 1 aromatic carbocycles. The van der Waals surface area contributed by atoms with E-state index in [-0.39, 0.29) is 11.6 Å². The number of fused-ring (bicyclic) bond motifs is 1. The third kappa shape index (κ3) is 9.47. The van der Waals surface area contributed by atoms with E-state index in [9.17, 15) is 9.59 Å². The lowest BCUT2D eigenvalue weighted by molar-refractivity contribution is -0.144. The predicted molar refractivity (Wildman–Crippen MR) is 175 cm³/mol. The van der Waals surface area contributed by atoms with Crippen LogP contribution in [0.25, 0.3) is 0 Å². The van der Waals surface area contributed by atoms with Crippen LogP contribution in [0.4, 0.5) is 0 Å². The molecule has 0 N–H and O–H groups in total. The first-order chi connectivity index (χ1) is 19.8. The summed E-state index contributed by atoms with van der Waals surface area (Å²) in [5.41, 5.74) is 3.97. The second-order valence-corrected chi connectivity index (χ2v) is 15.0. The Morgan fingerprint density at radius 2 is 1.43 bits per heavy atom. The van der Waals surface area contributed by atoms with Crippen LogP contribution in [0.1, 0.15) is 147 Å². The van der Waals surface area contributed by atoms with E-state index in [2.05, 4.69) is 41.5 Å². The Balaban J connectivity index is 1.54. The molecule has 42 heavy (non-hydrogen) atoms. The van der Waals surface area contributed by atoms with Crippen LogP contribution in [0.15, 0.2) is 0 Å². The van der Waals surface area contributed by atoms with Crippen LogP contribution in [0, 0.1) is 50.4 Å². The molecule has 1 aromatic rings. The van der Waals surface area contributed by atoms with Gasteiger partial charge < -0.3 is 9.47 Å². The van der Waals surface area contributed by atoms with Crippen LogP contribution in [0.2, 0.25) is 0 Å². The number of ether oxygens (including phenoxy) is 2. The van der Waals surface area contributed by atoms with Crippen LogP contribution in [0.3, 0.4) is 0 Å². The molecule has 3 rings (SSSR count). The number of carbonyl (C=O) groups is 2. The van der Waals surface area contributed by atoms with Gasteiger partial charge >= 0.3 is 5.97 Å². The third-order valence-electron chi connectivity index (χ3n) is 10.4. The molecule has 1 aliphatic heterocycles. The van der Waals surface area contributed by atoms with Crippen LogP contribution in [-0.4, -0.2) is 16.8 Å². The van der Waals surface area contributed by atoms with Gasteiger partial charge in [0.2, 0.25) is 5.24 Å². The summed E-state index contributed by atoms with van der Waals surface area (Å²) in [5.74, 6) is 2.82. The summed E-state index contributed by atoms with van der Waals surface area (Å²) in [4.78, 5) is 25.2. The smallest absolute Gasteiger partial charge is 0.315 e. The Labute approximate surface area is 262 Å². The first kappa shape index (κ1) is 34.9. The third-order valence-corrected chi connectivity index (χ3v) is 10.7. The molecule has 0 saturated heterocycles. The molecular weight excluding hydrogens is 544 g/mol. The van der Waals surface area contributed by atoms with Gasteiger partial charge in [-0.25, -0.2) is 0 Å². The van der Waals surface area contributed by atoms with Crippen LogP contribution >= 0.6 is 11.6 Å². The summed E-state index contributed by atoms with van der Waals surface area (Å²) in [6.45, 7) is 17.9. The molecule has 0 amide bonds. The molecule has 5 atom stereocenters. The molecule has 0 radical (unpaired) electrons. The highest BCUT2D eigenvalue weighted by molar-refractivity contribution is 6.64. The van der Waals surface area contributed by atoms with E-state index in [0.717, 1.165) is 77.9 Å². The molecule has 1 fully saturated rings. The van der Waals surface area contributed by atoms with Gasteiger partial charge in [0.1, 0.15) is 17.1 Å². The van der Waals surface area contributed by atoms with E-state index in [1.807, 2.05) is 13.8 Å². The normalized spacial score (nSPS) is 23.7. The fourth-order valence-electron chi connectivity index (χ4n) is 7.27. The maximum absolute atomic E-state index is 13.2. The van der Waals surface area contributed by atoms with E-state index >= 15 is 0 Å². The van der Waals surface area contributed by atoms with Crippen molar-refractivity contribution in [1.29, 1.82) is 0 Å². The predicted octanol–water partition coefficient (Wildman–Crippen LogP) is 10.6. The van der Waals surface area contributed by atoms with Crippen molar-refractivity contribution in [3.05, 3.63) is 22.3 Å². The molecule has 238 valence electrons. The van der Waals surface area contributed by atoms with Crippen molar-refractivity contribution in [1.82, 2.24) is 0 Å². The molecular formula is C37H59ClO4. The van der Waals surface area contributed by atoms with Crippen LogP contribution in [-0.2, 0) is 16.0 Å². The first-order valence-corrected chi connectivity index (χ1v) is 17.4. The minimum absolute atomic E-state index is 0.171. The number of halogens is 1. The number of esters is 1. The maximum Gasteiger partial charge on any atom is 0.315 e. The first-order valence-electron chi connectivity index (χ1n) is 17.1. The molecule has 4 nitrogen and oxygen atoms in total. The van der Waals surface area contributed by atoms with Crippen LogP contribution in [0.5, 0.6) is 11.5 Å². The fourth-order valence-corrected chi connectivity index (χ4v) is 7.54. The van der Waals surface area contributed by atoms with Crippen molar-refractivity contribution in [2.75, 3.05) is 0 Å². The monoisotopic (exact) mass is 602 g/mol. The van der Waals surface area contributed by atoms with E-state index < -0.39 is 17.1 Å². The van der Waals surface area contributed by atoms with Gasteiger partial charge in [0.15, 0.2) is 0 Å². The Hall–Kier alpha value is -1.55. The summed E-state index contributed by atoms with van der Waals surface area (Å²) in [6.07, 6.45) is 16.7. The standard InChI is InChI=1S/C37H59ClO4/c1-24(2)14-11-15-25(3)16-12-17-26(4)18-13-22-37(8)23-21-30-29(7)33(27(5)28(6)34(30)42-37)41-36(40)32-20-10-9-19-31(32)35(38)39/h24-26,31-32H,9-23H2,1-8H3/t25-,26-,31?,32?,37-/m1/s1. The highest BCUT2D eigenvalue weighted by atomic mass is 35.5. The SMILES string of the molecule is Cc1c(C)c2c(c(C)c1OC(=O)C1CCCCC1C(=O)Cl)CC[C@@](C)(CCC[C@H](C)CCC[C@H](C)CCCC(C)C)O2. The van der Waals surface area contributed by atoms with Gasteiger partial charge in [0.05, 0.1) is 5.92 Å². The molecule has 1 aliphatic carbocycles. The van der Waals surface area contributed by atoms with Crippen molar-refractivity contribution < 1.29 is 19.1 Å². The number of hydrogen-bond acceptors (Lipinski definition) is 4. The van der Waals surface area contributed by atoms with Gasteiger partial charge in [-0.15, -0.1) is 0 Å². The quantitative estimate of drug-likeness (QED) is 0.114. The van der Waals surface area contributed by atoms with Gasteiger partial charge in [-0.1, -0.05) is 85.5 Å². The lowest BCUT2D eigenvalue weighted by Crippen LogP contribution is -2.37. The molecule has 0 bridgehead atoms. The lowest BCUT2D eigenvalue weighted by Gasteiger charge is -2.38. The average Bonchev–Trinajstić information content (AvgIpc) is 2.93. The van der Waals surface area contributed by atoms with Crippen LogP contribution < -0.4 is 9.47 Å². The highest BCUT2D eigenvalue weighted by Gasteiger charge is 2.38. The second kappa shape index (κ2) is 16.0. The zero-order valence-electron chi connectivity index (χ0n) is 28.0. The van der Waals surface area contributed by atoms with E-state index in [1.54, 1.807) is 0 Å². The Bertz CT molecular complexity index is 1060. The largest absolute Gasteiger partial charge is 0.487 e. The van der Waals surface area contributed by atoms with E-state index in [1.165, 1.54) is 51.4 Å². The number of carbonyl (C=O) groups excluding carboxylic acids is 2. The minimum Gasteiger partial charge on any atom is -0.487 e. The molecule has 0 aromatic heterocycles. The lowest BCUT2D eigenvalue weighted by atomic mass is 9.80. The Morgan fingerprint density at radius 3 is 2.02 bits per heavy atom. The maximum atomic E-state index is 13.2. The van der Waals surface area contributed by atoms with Gasteiger partial charge in [-0.2, -0.15) is 0 Å². The Kier molecular flexibility index (Phi) is 13.3. The number of rotatable bonds is 15. The molecule has 2 unspecified atom stereocenters. The molecule has 2 aliphatic rings. The molecule has 1 heterocycles. The summed E-state index contributed by atoms with van der Waals surface area (Å²) in [7, 11) is 0. The fraction of sp³-hybridized carbons (Fsp3) is 0.784. The van der Waals surface area contributed by atoms with E-state index in [0.29, 0.717) is 18.6 Å². The van der Waals surface area contributed by atoms with Gasteiger partial charge in [-0.05, 0) is 112 Å². The average molecular weight is 603 g/mol. The van der Waals surface area contributed by atoms with E-state index in [4.69, 9.17) is 21.1 Å². The second-order valence-electron chi connectivity index (χ2n) is 14.6. The van der Waals surface area contributed by atoms with Gasteiger partial charge in [0.25, 0.3) is 0 Å². The molecule has 0 spiro atoms. The van der Waals surface area contributed by atoms with Gasteiger partial charge in [0, 0.05) is 11.5 Å². The van der Waals surface area contributed by atoms with Crippen molar-refractivity contribution in [3.63, 3.8) is 0 Å². The summed E-state index contributed by atoms with van der Waals surface area (Å²) in [6, 6.07) is 0. The summed E-state index contributed by atoms with van der Waals surface area (Å²) < 4.78 is 12.8. The van der Waals surface area contributed by atoms with Gasteiger partial charge in [-0.3, -0.25) is 9.59 Å². The summed E-state index contributed by atoms with van der Waals surface area (Å²) in [5, 5.41) is -0.420. The Morgan fingerprint density at radius 1 is 0.857 bits per heavy atom. The summed E-state index contributed by atoms with van der Waals surface area (Å²) >= 11 is 5.85. The zero-order valence-corrected chi connectivity index (χ0v) is 28.8. The van der Waals surface area contributed by atoms with Crippen molar-refractivity contribution in [3.8, 4) is 11.5 Å². The zero-order chi connectivity index (χ0) is 31.0. The number of hydrogen-bond donors (Lipinski definition) is 0. The molecule has 1 saturated carbocycles. The highest BCUT2D eigenvalue weighted by Crippen LogP contribution is 2.45. The minimum atomic E-state index is -0.459. The van der Waals surface area contributed by atoms with Crippen molar-refractivity contribution >= 4 is 22.8 Å². The van der Waals surface area contributed by atoms with Crippen molar-refractivity contribution in [2.24, 2.45) is 29.6 Å². The topological polar surface area (TPSA) is 52.6 Å². The van der Waals surface area contributed by atoms with Crippen molar-refractivity contribution in [2.45, 2.75) is 157 Å².